The number of aliphatic hydroxyl groups excluding tert-OH is 16. The maximum Gasteiger partial charge on any atom is 0.364 e. The molecule has 0 aromatic rings. The standard InChI is InChI=1S/C73H131N3O31S/c1-4-5-6-7-8-9-10-14-17-20-23-26-29-32-45(84)44(76-52(87)33-30-27-24-21-18-15-12-11-13-16-19-22-25-28-31-34-108)41-98-69-61(94)59(92)63(50(39-80)101-69)103-71-62(95)67(107-73(72(96)97)35-46(85)53(74-42(2)82)66(106-73)55(88)47(86)36-77)64(51(40-81)102-71)104-68-54(75-43(3)83)65(57(90)49(38-79)99-68)105-70-60(93)58(91)56(89)48(37-78)100-70/h29,32,44-51,53-71,77-81,84-86,88-95,108H,4-28,30-31,33-41H2,1-3H3,(H,74,82)(H,75,83)(H,76,87)(H,96,97)/b32-29+/t44-,45+,46-,47+,48+,49+,50+,51+,53+,54+,55+,56-,57-,58-,59+,60+,61+,62+,63+,64-,65+,66+,67+,68-,69+,70-,71-,73-/m0/s1. The Balaban J connectivity index is 1.39. The molecule has 34 nitrogen and oxygen atoms in total. The molecule has 0 bridgehead atoms. The van der Waals surface area contributed by atoms with Crippen LogP contribution in [0.3, 0.4) is 0 Å². The number of amides is 3. The fourth-order valence-corrected chi connectivity index (χ4v) is 14.6. The number of allylic oxidation sites excluding steroid dienone is 1. The highest BCUT2D eigenvalue weighted by molar-refractivity contribution is 7.80. The van der Waals surface area contributed by atoms with E-state index in [-0.39, 0.29) is 12.3 Å². The predicted molar refractivity (Wildman–Crippen MR) is 387 cm³/mol. The molecule has 0 aliphatic carbocycles. The monoisotopic (exact) mass is 1580 g/mol. The van der Waals surface area contributed by atoms with Crippen LogP contribution in [0.1, 0.15) is 207 Å². The number of nitrogens with one attached hydrogen (secondary N) is 3. The highest BCUT2D eigenvalue weighted by atomic mass is 32.1. The molecule has 0 radical (unpaired) electrons. The van der Waals surface area contributed by atoms with Gasteiger partial charge in [-0.05, 0) is 31.4 Å². The first-order valence-electron chi connectivity index (χ1n) is 39.2. The zero-order chi connectivity index (χ0) is 79.5. The van der Waals surface area contributed by atoms with Gasteiger partial charge < -0.3 is 150 Å². The Bertz CT molecular complexity index is 2530. The van der Waals surface area contributed by atoms with E-state index < -0.39 is 235 Å². The molecule has 28 atom stereocenters. The van der Waals surface area contributed by atoms with Crippen molar-refractivity contribution in [3.8, 4) is 0 Å². The third kappa shape index (κ3) is 29.6. The molecule has 0 aromatic carbocycles. The molecule has 108 heavy (non-hydrogen) atoms. The minimum absolute atomic E-state index is 0.131. The molecule has 5 heterocycles. The van der Waals surface area contributed by atoms with E-state index in [1.165, 1.54) is 109 Å². The van der Waals surface area contributed by atoms with Gasteiger partial charge in [0.05, 0.1) is 63.9 Å². The lowest BCUT2D eigenvalue weighted by Crippen LogP contribution is -2.72. The van der Waals surface area contributed by atoms with Gasteiger partial charge in [-0.1, -0.05) is 167 Å². The molecule has 630 valence electrons. The summed E-state index contributed by atoms with van der Waals surface area (Å²) in [5.41, 5.74) is 0. The van der Waals surface area contributed by atoms with E-state index in [0.29, 0.717) is 12.8 Å². The van der Waals surface area contributed by atoms with E-state index in [1.54, 1.807) is 0 Å². The Morgan fingerprint density at radius 3 is 1.49 bits per heavy atom. The molecule has 0 unspecified atom stereocenters. The number of hydrogen-bond acceptors (Lipinski definition) is 31. The number of unbranched alkanes of at least 4 members (excludes halogenated alkanes) is 25. The highest BCUT2D eigenvalue weighted by Gasteiger charge is 2.62. The third-order valence-corrected chi connectivity index (χ3v) is 21.0. The van der Waals surface area contributed by atoms with Crippen LogP contribution in [0.2, 0.25) is 0 Å². The number of carboxylic acids is 1. The van der Waals surface area contributed by atoms with Crippen molar-refractivity contribution in [3.63, 3.8) is 0 Å². The van der Waals surface area contributed by atoms with Crippen molar-refractivity contribution in [1.29, 1.82) is 0 Å². The second-order valence-electron chi connectivity index (χ2n) is 29.4. The summed E-state index contributed by atoms with van der Waals surface area (Å²) in [5, 5.41) is 197. The summed E-state index contributed by atoms with van der Waals surface area (Å²) in [7, 11) is 0. The average Bonchev–Trinajstić information content (AvgIpc) is 0.749. The van der Waals surface area contributed by atoms with Crippen molar-refractivity contribution >= 4 is 36.3 Å². The summed E-state index contributed by atoms with van der Waals surface area (Å²) in [5.74, 6) is -6.77. The maximum absolute atomic E-state index is 13.8. The molecular formula is C73H131N3O31S. The van der Waals surface area contributed by atoms with Crippen molar-refractivity contribution in [2.45, 2.75) is 378 Å². The van der Waals surface area contributed by atoms with Crippen LogP contribution < -0.4 is 16.0 Å². The lowest BCUT2D eigenvalue weighted by atomic mass is 9.88. The summed E-state index contributed by atoms with van der Waals surface area (Å²) in [6.45, 7) is -1.91. The molecule has 5 aliphatic rings. The summed E-state index contributed by atoms with van der Waals surface area (Å²) in [6.07, 6.45) is -17.1. The number of aliphatic hydroxyl groups is 16. The predicted octanol–water partition coefficient (Wildman–Crippen LogP) is -1.13. The number of carboxylic acid groups (broad SMARTS) is 1. The first-order chi connectivity index (χ1) is 51.8. The fraction of sp³-hybridized carbons (Fsp3) is 0.918. The van der Waals surface area contributed by atoms with Crippen LogP contribution >= 0.6 is 12.6 Å². The Morgan fingerprint density at radius 2 is 0.963 bits per heavy atom. The van der Waals surface area contributed by atoms with Crippen LogP contribution in [0, 0.1) is 0 Å². The molecule has 0 saturated carbocycles. The van der Waals surface area contributed by atoms with Crippen LogP contribution in [0.4, 0.5) is 0 Å². The highest BCUT2D eigenvalue weighted by Crippen LogP contribution is 2.41. The first-order valence-corrected chi connectivity index (χ1v) is 39.8. The number of thiol groups is 1. The maximum atomic E-state index is 13.8. The Labute approximate surface area is 638 Å². The van der Waals surface area contributed by atoms with E-state index >= 15 is 0 Å². The summed E-state index contributed by atoms with van der Waals surface area (Å²) < 4.78 is 60.1. The van der Waals surface area contributed by atoms with Gasteiger partial charge >= 0.3 is 5.97 Å². The molecule has 5 aliphatic heterocycles. The summed E-state index contributed by atoms with van der Waals surface area (Å²) in [6, 6.07) is -4.81. The number of ether oxygens (including phenoxy) is 10. The second kappa shape index (κ2) is 51.0. The Morgan fingerprint density at radius 1 is 0.509 bits per heavy atom. The van der Waals surface area contributed by atoms with Crippen LogP contribution in [-0.4, -0.2) is 327 Å². The van der Waals surface area contributed by atoms with Crippen molar-refractivity contribution in [2.75, 3.05) is 45.4 Å². The van der Waals surface area contributed by atoms with E-state index in [2.05, 4.69) is 35.5 Å². The third-order valence-electron chi connectivity index (χ3n) is 20.6. The van der Waals surface area contributed by atoms with E-state index in [9.17, 15) is 106 Å². The summed E-state index contributed by atoms with van der Waals surface area (Å²) in [4.78, 5) is 53.0. The van der Waals surface area contributed by atoms with Gasteiger partial charge in [-0.2, -0.15) is 12.6 Å². The minimum Gasteiger partial charge on any atom is -0.477 e. The van der Waals surface area contributed by atoms with Gasteiger partial charge in [0, 0.05) is 26.7 Å². The second-order valence-corrected chi connectivity index (χ2v) is 29.8. The lowest BCUT2D eigenvalue weighted by Gasteiger charge is -2.52. The zero-order valence-corrected chi connectivity index (χ0v) is 63.9. The van der Waals surface area contributed by atoms with Gasteiger partial charge in [-0.25, -0.2) is 4.79 Å². The Hall–Kier alpha value is -3.07. The number of rotatable bonds is 53. The zero-order valence-electron chi connectivity index (χ0n) is 63.0. The lowest BCUT2D eigenvalue weighted by molar-refractivity contribution is -0.403. The SMILES string of the molecule is CCCCCCCCCCCCC/C=C/[C@@H](O)[C@H](CO[C@@H]1O[C@H](CO)[C@@H](O[C@@H]2O[C@H](CO)[C@H](O[C@@H]3O[C@H](CO)[C@H](O)[C@H](O[C@@H]4O[C@H](CO)[C@H](O)[C@H](O)[C@H]4O)[C@H]3NC(C)=O)[C@H](O[C@]3(C(=O)O)C[C@H](O)[C@@H](NC(C)=O)[C@H]([C@H](O)[C@H](O)CO)O3)[C@H]2O)[C@H](O)[C@H]1O)NC(=O)CCCCCCCCCCCCCCCCCS. The van der Waals surface area contributed by atoms with Gasteiger partial charge in [0.25, 0.3) is 5.79 Å². The minimum atomic E-state index is -3.38. The number of aliphatic carboxylic acids is 1. The number of hydrogen-bond donors (Lipinski definition) is 21. The van der Waals surface area contributed by atoms with Gasteiger partial charge in [-0.3, -0.25) is 14.4 Å². The molecule has 5 fully saturated rings. The van der Waals surface area contributed by atoms with Gasteiger partial charge in [0.1, 0.15) is 116 Å². The van der Waals surface area contributed by atoms with Crippen molar-refractivity contribution in [3.05, 3.63) is 12.2 Å². The van der Waals surface area contributed by atoms with Crippen LogP contribution in [-0.2, 0) is 66.5 Å². The van der Waals surface area contributed by atoms with Crippen LogP contribution in [0.25, 0.3) is 0 Å². The first kappa shape index (κ1) is 95.5. The van der Waals surface area contributed by atoms with Gasteiger partial charge in [0.15, 0.2) is 25.2 Å². The molecule has 0 spiro atoms. The van der Waals surface area contributed by atoms with Crippen LogP contribution in [0.15, 0.2) is 12.2 Å². The van der Waals surface area contributed by atoms with Crippen molar-refractivity contribution in [2.24, 2.45) is 0 Å². The fourth-order valence-electron chi connectivity index (χ4n) is 14.4. The van der Waals surface area contributed by atoms with Gasteiger partial charge in [0.2, 0.25) is 17.7 Å². The smallest absolute Gasteiger partial charge is 0.364 e. The van der Waals surface area contributed by atoms with Crippen molar-refractivity contribution < 1.29 is 153 Å². The summed E-state index contributed by atoms with van der Waals surface area (Å²) >= 11 is 4.29. The van der Waals surface area contributed by atoms with E-state index in [0.717, 1.165) is 77.4 Å². The number of carbonyl (C=O) groups is 4. The molecule has 20 N–H and O–H groups in total. The largest absolute Gasteiger partial charge is 0.477 e. The molecule has 5 saturated heterocycles. The van der Waals surface area contributed by atoms with Crippen LogP contribution in [0.5, 0.6) is 0 Å². The molecule has 5 rings (SSSR count). The molecule has 35 heteroatoms. The number of carbonyl (C=O) groups excluding carboxylic acids is 3. The normalized spacial score (nSPS) is 34.4. The quantitative estimate of drug-likeness (QED) is 0.0195. The van der Waals surface area contributed by atoms with E-state index in [1.807, 2.05) is 6.08 Å². The molecule has 3 amide bonds. The van der Waals surface area contributed by atoms with E-state index in [4.69, 9.17) is 47.4 Å². The van der Waals surface area contributed by atoms with Crippen molar-refractivity contribution in [1.82, 2.24) is 16.0 Å². The van der Waals surface area contributed by atoms with Gasteiger partial charge in [-0.15, -0.1) is 0 Å². The topological polar surface area (TPSA) is 541 Å². The average molecular weight is 1580 g/mol. The Kier molecular flexibility index (Phi) is 45.1. The molecular weight excluding hydrogens is 1450 g/mol. The molecule has 0 aromatic heterocycles.